The van der Waals surface area contributed by atoms with E-state index >= 15 is 0 Å². The van der Waals surface area contributed by atoms with Crippen LogP contribution in [0.1, 0.15) is 22.9 Å². The smallest absolute Gasteiger partial charge is 0.0738 e. The van der Waals surface area contributed by atoms with Crippen molar-refractivity contribution in [3.63, 3.8) is 0 Å². The van der Waals surface area contributed by atoms with Crippen molar-refractivity contribution in [2.45, 2.75) is 19.3 Å². The number of nitrogens with two attached hydrogens (primary N) is 1. The van der Waals surface area contributed by atoms with E-state index in [1.165, 1.54) is 0 Å². The molecule has 2 rings (SSSR count). The molecule has 1 unspecified atom stereocenters. The SMILES string of the molecule is Cc1nn(C)c(CC(CN)c2ccccc2Cl)c1Br. The maximum absolute atomic E-state index is 6.26. The number of halogens is 2. The molecule has 2 N–H and O–H groups in total. The molecule has 0 bridgehead atoms. The number of hydrogen-bond acceptors (Lipinski definition) is 2. The van der Waals surface area contributed by atoms with E-state index in [1.54, 1.807) is 0 Å². The van der Waals surface area contributed by atoms with Crippen molar-refractivity contribution in [2.24, 2.45) is 12.8 Å². The molecule has 0 saturated carbocycles. The fourth-order valence-electron chi connectivity index (χ4n) is 2.26. The van der Waals surface area contributed by atoms with Crippen LogP contribution in [0.25, 0.3) is 0 Å². The maximum atomic E-state index is 6.26. The lowest BCUT2D eigenvalue weighted by atomic mass is 9.94. The Hall–Kier alpha value is -0.840. The molecule has 0 spiro atoms. The minimum absolute atomic E-state index is 0.194. The van der Waals surface area contributed by atoms with E-state index in [1.807, 2.05) is 42.9 Å². The van der Waals surface area contributed by atoms with E-state index in [4.69, 9.17) is 17.3 Å². The molecule has 1 aromatic carbocycles. The van der Waals surface area contributed by atoms with Gasteiger partial charge in [0, 0.05) is 18.0 Å². The van der Waals surface area contributed by atoms with E-state index in [2.05, 4.69) is 21.0 Å². The summed E-state index contributed by atoms with van der Waals surface area (Å²) in [4.78, 5) is 0. The predicted octanol–water partition coefficient (Wildman–Crippen LogP) is 3.43. The van der Waals surface area contributed by atoms with Gasteiger partial charge in [0.1, 0.15) is 0 Å². The van der Waals surface area contributed by atoms with Crippen LogP contribution in [0.4, 0.5) is 0 Å². The van der Waals surface area contributed by atoms with Crippen LogP contribution >= 0.6 is 27.5 Å². The van der Waals surface area contributed by atoms with E-state index < -0.39 is 0 Å². The standard InChI is InChI=1S/C14H17BrClN3/c1-9-14(15)13(19(2)18-9)7-10(8-17)11-5-3-4-6-12(11)16/h3-6,10H,7-8,17H2,1-2H3. The van der Waals surface area contributed by atoms with Gasteiger partial charge < -0.3 is 5.73 Å². The molecule has 0 aliphatic carbocycles. The number of rotatable bonds is 4. The molecule has 0 radical (unpaired) electrons. The molecule has 0 fully saturated rings. The molecule has 2 aromatic rings. The normalized spacial score (nSPS) is 12.7. The first-order valence-electron chi connectivity index (χ1n) is 6.17. The second-order valence-electron chi connectivity index (χ2n) is 4.63. The van der Waals surface area contributed by atoms with Gasteiger partial charge in [0.25, 0.3) is 0 Å². The number of benzene rings is 1. The summed E-state index contributed by atoms with van der Waals surface area (Å²) in [6, 6.07) is 7.87. The zero-order chi connectivity index (χ0) is 14.0. The lowest BCUT2D eigenvalue weighted by Gasteiger charge is -2.17. The van der Waals surface area contributed by atoms with Crippen molar-refractivity contribution in [1.29, 1.82) is 0 Å². The highest BCUT2D eigenvalue weighted by Gasteiger charge is 2.18. The van der Waals surface area contributed by atoms with Crippen LogP contribution in [0.2, 0.25) is 5.02 Å². The Kier molecular flexibility index (Phi) is 4.66. The highest BCUT2D eigenvalue weighted by molar-refractivity contribution is 9.10. The summed E-state index contributed by atoms with van der Waals surface area (Å²) in [6.45, 7) is 2.54. The second-order valence-corrected chi connectivity index (χ2v) is 5.83. The van der Waals surface area contributed by atoms with Gasteiger partial charge in [-0.3, -0.25) is 4.68 Å². The van der Waals surface area contributed by atoms with Crippen LogP contribution in [0.5, 0.6) is 0 Å². The molecule has 0 amide bonds. The van der Waals surface area contributed by atoms with Gasteiger partial charge >= 0.3 is 0 Å². The summed E-state index contributed by atoms with van der Waals surface area (Å²) in [5.41, 5.74) is 9.16. The molecule has 0 saturated heterocycles. The van der Waals surface area contributed by atoms with Crippen LogP contribution in [0.15, 0.2) is 28.7 Å². The van der Waals surface area contributed by atoms with Gasteiger partial charge in [-0.15, -0.1) is 0 Å². The number of nitrogens with zero attached hydrogens (tertiary/aromatic N) is 2. The summed E-state index contributed by atoms with van der Waals surface area (Å²) >= 11 is 9.85. The minimum Gasteiger partial charge on any atom is -0.330 e. The lowest BCUT2D eigenvalue weighted by molar-refractivity contribution is 0.628. The van der Waals surface area contributed by atoms with Gasteiger partial charge in [0.05, 0.1) is 15.9 Å². The Balaban J connectivity index is 2.32. The van der Waals surface area contributed by atoms with Gasteiger partial charge in [0.2, 0.25) is 0 Å². The molecule has 1 heterocycles. The molecule has 102 valence electrons. The van der Waals surface area contributed by atoms with E-state index in [0.29, 0.717) is 6.54 Å². The quantitative estimate of drug-likeness (QED) is 0.925. The first kappa shape index (κ1) is 14.6. The third-order valence-corrected chi connectivity index (χ3v) is 4.71. The van der Waals surface area contributed by atoms with Gasteiger partial charge in [-0.25, -0.2) is 0 Å². The van der Waals surface area contributed by atoms with Crippen LogP contribution in [0.3, 0.4) is 0 Å². The van der Waals surface area contributed by atoms with Gasteiger partial charge in [0.15, 0.2) is 0 Å². The van der Waals surface area contributed by atoms with Crippen molar-refractivity contribution in [2.75, 3.05) is 6.54 Å². The van der Waals surface area contributed by atoms with Gasteiger partial charge in [-0.1, -0.05) is 29.8 Å². The predicted molar refractivity (Wildman–Crippen MR) is 82.6 cm³/mol. The third kappa shape index (κ3) is 3.02. The molecule has 1 atom stereocenters. The molecular weight excluding hydrogens is 326 g/mol. The topological polar surface area (TPSA) is 43.8 Å². The van der Waals surface area contributed by atoms with Crippen molar-refractivity contribution in [1.82, 2.24) is 9.78 Å². The largest absolute Gasteiger partial charge is 0.330 e. The first-order chi connectivity index (χ1) is 9.04. The highest BCUT2D eigenvalue weighted by atomic mass is 79.9. The number of aryl methyl sites for hydroxylation is 2. The van der Waals surface area contributed by atoms with Crippen molar-refractivity contribution in [3.05, 3.63) is 50.7 Å². The lowest BCUT2D eigenvalue weighted by Crippen LogP contribution is -2.17. The second kappa shape index (κ2) is 6.07. The number of hydrogen-bond donors (Lipinski definition) is 1. The fraction of sp³-hybridized carbons (Fsp3) is 0.357. The van der Waals surface area contributed by atoms with E-state index in [0.717, 1.165) is 32.9 Å². The molecular formula is C14H17BrClN3. The summed E-state index contributed by atoms with van der Waals surface area (Å²) in [7, 11) is 1.95. The molecule has 0 aliphatic heterocycles. The molecule has 0 aliphatic rings. The van der Waals surface area contributed by atoms with Crippen molar-refractivity contribution >= 4 is 27.5 Å². The summed E-state index contributed by atoms with van der Waals surface area (Å²) < 4.78 is 2.96. The monoisotopic (exact) mass is 341 g/mol. The Morgan fingerprint density at radius 2 is 2.11 bits per heavy atom. The summed E-state index contributed by atoms with van der Waals surface area (Å²) in [5, 5.41) is 5.18. The molecule has 3 nitrogen and oxygen atoms in total. The van der Waals surface area contributed by atoms with Crippen molar-refractivity contribution < 1.29 is 0 Å². The van der Waals surface area contributed by atoms with Crippen LogP contribution < -0.4 is 5.73 Å². The van der Waals surface area contributed by atoms with Crippen LogP contribution in [-0.2, 0) is 13.5 Å². The Morgan fingerprint density at radius 3 is 2.63 bits per heavy atom. The van der Waals surface area contributed by atoms with E-state index in [9.17, 15) is 0 Å². The highest BCUT2D eigenvalue weighted by Crippen LogP contribution is 2.30. The van der Waals surface area contributed by atoms with E-state index in [-0.39, 0.29) is 5.92 Å². The maximum Gasteiger partial charge on any atom is 0.0738 e. The van der Waals surface area contributed by atoms with Gasteiger partial charge in [-0.2, -0.15) is 5.10 Å². The Bertz CT molecular complexity index is 580. The Labute approximate surface area is 126 Å². The zero-order valence-corrected chi connectivity index (χ0v) is 13.4. The summed E-state index contributed by atoms with van der Waals surface area (Å²) in [6.07, 6.45) is 0.818. The fourth-order valence-corrected chi connectivity index (χ4v) is 3.05. The molecule has 5 heteroatoms. The number of aromatic nitrogens is 2. The first-order valence-corrected chi connectivity index (χ1v) is 7.34. The van der Waals surface area contributed by atoms with Crippen LogP contribution in [0, 0.1) is 6.92 Å². The van der Waals surface area contributed by atoms with Crippen LogP contribution in [-0.4, -0.2) is 16.3 Å². The Morgan fingerprint density at radius 1 is 1.42 bits per heavy atom. The average Bonchev–Trinajstić information content (AvgIpc) is 2.63. The zero-order valence-electron chi connectivity index (χ0n) is 11.0. The molecule has 1 aromatic heterocycles. The summed E-state index contributed by atoms with van der Waals surface area (Å²) in [5.74, 6) is 0.194. The van der Waals surface area contributed by atoms with Crippen molar-refractivity contribution in [3.8, 4) is 0 Å². The minimum atomic E-state index is 0.194. The average molecular weight is 343 g/mol. The van der Waals surface area contributed by atoms with Gasteiger partial charge in [-0.05, 0) is 47.4 Å². The third-order valence-electron chi connectivity index (χ3n) is 3.33. The molecule has 19 heavy (non-hydrogen) atoms.